The molecular formula is C21H22ClN3O2. The van der Waals surface area contributed by atoms with Gasteiger partial charge in [0.05, 0.1) is 24.1 Å². The molecule has 27 heavy (non-hydrogen) atoms. The number of aromatic nitrogens is 2. The fraction of sp³-hybridized carbons (Fsp3) is 0.238. The Hall–Kier alpha value is -2.79. The maximum atomic E-state index is 12.6. The van der Waals surface area contributed by atoms with Crippen molar-refractivity contribution in [3.63, 3.8) is 0 Å². The van der Waals surface area contributed by atoms with E-state index in [0.717, 1.165) is 29.7 Å². The highest BCUT2D eigenvalue weighted by molar-refractivity contribution is 6.31. The number of carbonyl (C=O) groups is 1. The number of H-pyrrole nitrogens is 1. The van der Waals surface area contributed by atoms with Crippen LogP contribution in [0.15, 0.2) is 54.7 Å². The number of nitrogens with zero attached hydrogens (tertiary/aromatic N) is 1. The normalized spacial score (nSPS) is 10.6. The van der Waals surface area contributed by atoms with Crippen LogP contribution in [-0.4, -0.2) is 22.7 Å². The highest BCUT2D eigenvalue weighted by Gasteiger charge is 2.15. The zero-order chi connectivity index (χ0) is 19.1. The SMILES string of the molecule is CCCCOc1ccc(-c2[nH]ncc2C(=O)NCc2ccccc2Cl)cc1. The van der Waals surface area contributed by atoms with E-state index in [4.69, 9.17) is 16.3 Å². The largest absolute Gasteiger partial charge is 0.494 e. The predicted molar refractivity (Wildman–Crippen MR) is 107 cm³/mol. The lowest BCUT2D eigenvalue weighted by Gasteiger charge is -2.08. The van der Waals surface area contributed by atoms with Crippen molar-refractivity contribution >= 4 is 17.5 Å². The molecule has 1 heterocycles. The molecule has 0 unspecified atom stereocenters. The van der Waals surface area contributed by atoms with Crippen LogP contribution in [0.5, 0.6) is 5.75 Å². The Morgan fingerprint density at radius 2 is 1.96 bits per heavy atom. The van der Waals surface area contributed by atoms with E-state index in [2.05, 4.69) is 22.4 Å². The van der Waals surface area contributed by atoms with Gasteiger partial charge in [0, 0.05) is 17.1 Å². The van der Waals surface area contributed by atoms with E-state index in [-0.39, 0.29) is 5.91 Å². The van der Waals surface area contributed by atoms with Crippen LogP contribution in [-0.2, 0) is 6.54 Å². The van der Waals surface area contributed by atoms with Gasteiger partial charge in [0.25, 0.3) is 5.91 Å². The van der Waals surface area contributed by atoms with E-state index < -0.39 is 0 Å². The number of nitrogens with one attached hydrogen (secondary N) is 2. The Labute approximate surface area is 163 Å². The summed E-state index contributed by atoms with van der Waals surface area (Å²) in [6, 6.07) is 15.1. The number of amides is 1. The standard InChI is InChI=1S/C21H22ClN3O2/c1-2-3-12-27-17-10-8-15(9-11-17)20-18(14-24-25-20)21(26)23-13-16-6-4-5-7-19(16)22/h4-11,14H,2-3,12-13H2,1H3,(H,23,26)(H,24,25). The quantitative estimate of drug-likeness (QED) is 0.547. The first-order chi connectivity index (χ1) is 13.2. The summed E-state index contributed by atoms with van der Waals surface area (Å²) in [6.07, 6.45) is 3.65. The van der Waals surface area contributed by atoms with E-state index in [9.17, 15) is 4.79 Å². The van der Waals surface area contributed by atoms with Gasteiger partial charge in [-0.25, -0.2) is 0 Å². The van der Waals surface area contributed by atoms with Crippen molar-refractivity contribution in [2.24, 2.45) is 0 Å². The topological polar surface area (TPSA) is 67.0 Å². The van der Waals surface area contributed by atoms with Crippen LogP contribution < -0.4 is 10.1 Å². The molecule has 0 aliphatic carbocycles. The summed E-state index contributed by atoms with van der Waals surface area (Å²) in [7, 11) is 0. The van der Waals surface area contributed by atoms with Gasteiger partial charge < -0.3 is 10.1 Å². The molecule has 0 bridgehead atoms. The fourth-order valence-corrected chi connectivity index (χ4v) is 2.85. The zero-order valence-corrected chi connectivity index (χ0v) is 15.9. The van der Waals surface area contributed by atoms with Crippen molar-refractivity contribution in [3.8, 4) is 17.0 Å². The number of halogens is 1. The average molecular weight is 384 g/mol. The van der Waals surface area contributed by atoms with Gasteiger partial charge in [-0.2, -0.15) is 5.10 Å². The summed E-state index contributed by atoms with van der Waals surface area (Å²) in [5, 5.41) is 10.5. The van der Waals surface area contributed by atoms with Crippen molar-refractivity contribution < 1.29 is 9.53 Å². The first-order valence-electron chi connectivity index (χ1n) is 8.97. The summed E-state index contributed by atoms with van der Waals surface area (Å²) in [5.41, 5.74) is 2.90. The highest BCUT2D eigenvalue weighted by Crippen LogP contribution is 2.24. The molecule has 1 aromatic heterocycles. The Morgan fingerprint density at radius 1 is 1.19 bits per heavy atom. The molecule has 0 spiro atoms. The Morgan fingerprint density at radius 3 is 2.70 bits per heavy atom. The number of rotatable bonds is 8. The van der Waals surface area contributed by atoms with Gasteiger partial charge in [-0.3, -0.25) is 9.89 Å². The van der Waals surface area contributed by atoms with Crippen LogP contribution >= 0.6 is 11.6 Å². The second-order valence-electron chi connectivity index (χ2n) is 6.16. The molecular weight excluding hydrogens is 362 g/mol. The van der Waals surface area contributed by atoms with Crippen LogP contribution in [0.3, 0.4) is 0 Å². The van der Waals surface area contributed by atoms with Crippen LogP contribution in [0, 0.1) is 0 Å². The van der Waals surface area contributed by atoms with Gasteiger partial charge in [0.1, 0.15) is 5.75 Å². The molecule has 0 saturated heterocycles. The third-order valence-electron chi connectivity index (χ3n) is 4.19. The third-order valence-corrected chi connectivity index (χ3v) is 4.56. The summed E-state index contributed by atoms with van der Waals surface area (Å²) in [4.78, 5) is 12.6. The predicted octanol–water partition coefficient (Wildman–Crippen LogP) is 4.84. The van der Waals surface area contributed by atoms with Gasteiger partial charge >= 0.3 is 0 Å². The average Bonchev–Trinajstić information content (AvgIpc) is 3.18. The van der Waals surface area contributed by atoms with E-state index in [1.165, 1.54) is 6.20 Å². The first kappa shape index (κ1) is 19.0. The molecule has 0 aliphatic heterocycles. The minimum absolute atomic E-state index is 0.207. The summed E-state index contributed by atoms with van der Waals surface area (Å²) < 4.78 is 5.68. The van der Waals surface area contributed by atoms with Gasteiger partial charge in [0.2, 0.25) is 0 Å². The second kappa shape index (κ2) is 9.24. The Bertz CT molecular complexity index is 890. The molecule has 0 aliphatic rings. The van der Waals surface area contributed by atoms with Crippen molar-refractivity contribution in [1.29, 1.82) is 0 Å². The number of hydrogen-bond acceptors (Lipinski definition) is 3. The number of benzene rings is 2. The maximum Gasteiger partial charge on any atom is 0.255 e. The summed E-state index contributed by atoms with van der Waals surface area (Å²) in [6.45, 7) is 3.19. The highest BCUT2D eigenvalue weighted by atomic mass is 35.5. The minimum atomic E-state index is -0.207. The lowest BCUT2D eigenvalue weighted by Crippen LogP contribution is -2.23. The molecule has 3 aromatic rings. The molecule has 0 radical (unpaired) electrons. The number of aromatic amines is 1. The number of unbranched alkanes of at least 4 members (excludes halogenated alkanes) is 1. The van der Waals surface area contributed by atoms with E-state index in [1.54, 1.807) is 6.07 Å². The molecule has 5 nitrogen and oxygen atoms in total. The number of hydrogen-bond donors (Lipinski definition) is 2. The molecule has 140 valence electrons. The lowest BCUT2D eigenvalue weighted by molar-refractivity contribution is 0.0951. The van der Waals surface area contributed by atoms with Gasteiger partial charge in [0.15, 0.2) is 0 Å². The van der Waals surface area contributed by atoms with Gasteiger partial charge in [-0.05, 0) is 42.3 Å². The van der Waals surface area contributed by atoms with Crippen molar-refractivity contribution in [2.45, 2.75) is 26.3 Å². The minimum Gasteiger partial charge on any atom is -0.494 e. The van der Waals surface area contributed by atoms with E-state index >= 15 is 0 Å². The van der Waals surface area contributed by atoms with Crippen LogP contribution in [0.25, 0.3) is 11.3 Å². The Balaban J connectivity index is 1.68. The molecule has 3 rings (SSSR count). The lowest BCUT2D eigenvalue weighted by atomic mass is 10.1. The number of ether oxygens (including phenoxy) is 1. The van der Waals surface area contributed by atoms with Crippen LogP contribution in [0.2, 0.25) is 5.02 Å². The molecule has 2 N–H and O–H groups in total. The molecule has 0 atom stereocenters. The second-order valence-corrected chi connectivity index (χ2v) is 6.57. The maximum absolute atomic E-state index is 12.6. The summed E-state index contributed by atoms with van der Waals surface area (Å²) in [5.74, 6) is 0.610. The molecule has 0 fully saturated rings. The monoisotopic (exact) mass is 383 g/mol. The molecule has 0 saturated carbocycles. The van der Waals surface area contributed by atoms with E-state index in [1.807, 2.05) is 42.5 Å². The van der Waals surface area contributed by atoms with Gasteiger partial charge in [-0.1, -0.05) is 43.1 Å². The Kier molecular flexibility index (Phi) is 6.49. The molecule has 2 aromatic carbocycles. The molecule has 6 heteroatoms. The number of carbonyl (C=O) groups excluding carboxylic acids is 1. The van der Waals surface area contributed by atoms with Crippen molar-refractivity contribution in [2.75, 3.05) is 6.61 Å². The van der Waals surface area contributed by atoms with Crippen molar-refractivity contribution in [1.82, 2.24) is 15.5 Å². The van der Waals surface area contributed by atoms with Crippen molar-refractivity contribution in [3.05, 3.63) is 70.9 Å². The van der Waals surface area contributed by atoms with Crippen LogP contribution in [0.1, 0.15) is 35.7 Å². The first-order valence-corrected chi connectivity index (χ1v) is 9.35. The third kappa shape index (κ3) is 4.89. The zero-order valence-electron chi connectivity index (χ0n) is 15.2. The van der Waals surface area contributed by atoms with Gasteiger partial charge in [-0.15, -0.1) is 0 Å². The van der Waals surface area contributed by atoms with Crippen LogP contribution in [0.4, 0.5) is 0 Å². The smallest absolute Gasteiger partial charge is 0.255 e. The molecule has 1 amide bonds. The van der Waals surface area contributed by atoms with E-state index in [0.29, 0.717) is 29.4 Å². The summed E-state index contributed by atoms with van der Waals surface area (Å²) >= 11 is 6.14. The fourth-order valence-electron chi connectivity index (χ4n) is 2.64.